The molecule has 90 valence electrons. The van der Waals surface area contributed by atoms with E-state index in [-0.39, 0.29) is 0 Å². The number of thiophene rings is 1. The molecule has 17 heavy (non-hydrogen) atoms. The van der Waals surface area contributed by atoms with E-state index in [1.807, 2.05) is 24.3 Å². The molecule has 0 bridgehead atoms. The maximum absolute atomic E-state index is 5.86. The largest absolute Gasteiger partial charge is 0.481 e. The monoisotopic (exact) mass is 268 g/mol. The van der Waals surface area contributed by atoms with Crippen molar-refractivity contribution < 1.29 is 4.74 Å². The van der Waals surface area contributed by atoms with Gasteiger partial charge in [-0.1, -0.05) is 11.6 Å². The first kappa shape index (κ1) is 12.4. The highest BCUT2D eigenvalue weighted by atomic mass is 35.5. The number of methoxy groups -OCH3 is 1. The van der Waals surface area contributed by atoms with Gasteiger partial charge in [-0.15, -0.1) is 11.3 Å². The number of hydrogen-bond donors (Lipinski definition) is 1. The van der Waals surface area contributed by atoms with E-state index in [1.165, 1.54) is 4.88 Å². The lowest BCUT2D eigenvalue weighted by atomic mass is 10.2. The van der Waals surface area contributed by atoms with E-state index >= 15 is 0 Å². The van der Waals surface area contributed by atoms with Crippen LogP contribution < -0.4 is 10.1 Å². The van der Waals surface area contributed by atoms with E-state index in [0.717, 1.165) is 23.0 Å². The van der Waals surface area contributed by atoms with E-state index in [1.54, 1.807) is 24.6 Å². The van der Waals surface area contributed by atoms with Crippen LogP contribution in [-0.2, 0) is 13.1 Å². The number of nitrogens with one attached hydrogen (secondary N) is 1. The third kappa shape index (κ3) is 3.70. The number of hydrogen-bond acceptors (Lipinski definition) is 4. The van der Waals surface area contributed by atoms with Crippen molar-refractivity contribution in [3.63, 3.8) is 0 Å². The number of halogens is 1. The van der Waals surface area contributed by atoms with Crippen molar-refractivity contribution in [2.75, 3.05) is 7.11 Å². The summed E-state index contributed by atoms with van der Waals surface area (Å²) in [6, 6.07) is 7.84. The zero-order chi connectivity index (χ0) is 12.1. The Morgan fingerprint density at radius 3 is 2.94 bits per heavy atom. The fourth-order valence-electron chi connectivity index (χ4n) is 1.45. The highest BCUT2D eigenvalue weighted by molar-refractivity contribution is 7.16. The summed E-state index contributed by atoms with van der Waals surface area (Å²) in [6.07, 6.45) is 1.75. The fourth-order valence-corrected chi connectivity index (χ4v) is 2.51. The second kappa shape index (κ2) is 6.00. The van der Waals surface area contributed by atoms with Crippen molar-refractivity contribution in [3.8, 4) is 5.88 Å². The van der Waals surface area contributed by atoms with Gasteiger partial charge in [-0.2, -0.15) is 0 Å². The van der Waals surface area contributed by atoms with E-state index < -0.39 is 0 Å². The Labute approximate surface area is 109 Å². The summed E-state index contributed by atoms with van der Waals surface area (Å²) in [6.45, 7) is 1.61. The smallest absolute Gasteiger partial charge is 0.213 e. The first-order valence-corrected chi connectivity index (χ1v) is 6.41. The number of pyridine rings is 1. The molecule has 5 heteroatoms. The molecular weight excluding hydrogens is 256 g/mol. The minimum absolute atomic E-state index is 0.642. The van der Waals surface area contributed by atoms with Gasteiger partial charge < -0.3 is 10.1 Å². The Morgan fingerprint density at radius 1 is 1.35 bits per heavy atom. The molecule has 0 aliphatic rings. The van der Waals surface area contributed by atoms with Gasteiger partial charge in [0, 0.05) is 30.2 Å². The Bertz CT molecular complexity index is 487. The molecule has 0 radical (unpaired) electrons. The second-order valence-electron chi connectivity index (χ2n) is 3.52. The second-order valence-corrected chi connectivity index (χ2v) is 5.32. The first-order chi connectivity index (χ1) is 8.28. The molecule has 0 atom stereocenters. The van der Waals surface area contributed by atoms with E-state index in [2.05, 4.69) is 10.3 Å². The summed E-state index contributed by atoms with van der Waals surface area (Å²) in [4.78, 5) is 5.29. The zero-order valence-electron chi connectivity index (χ0n) is 9.44. The lowest BCUT2D eigenvalue weighted by molar-refractivity contribution is 0.397. The molecule has 0 aliphatic carbocycles. The van der Waals surface area contributed by atoms with Crippen LogP contribution in [0.25, 0.3) is 0 Å². The van der Waals surface area contributed by atoms with Crippen LogP contribution in [0.1, 0.15) is 10.4 Å². The topological polar surface area (TPSA) is 34.1 Å². The van der Waals surface area contributed by atoms with Crippen molar-refractivity contribution in [2.24, 2.45) is 0 Å². The summed E-state index contributed by atoms with van der Waals surface area (Å²) in [5, 5.41) is 3.35. The van der Waals surface area contributed by atoms with Crippen molar-refractivity contribution in [1.82, 2.24) is 10.3 Å². The summed E-state index contributed by atoms with van der Waals surface area (Å²) >= 11 is 7.46. The van der Waals surface area contributed by atoms with Gasteiger partial charge in [-0.05, 0) is 23.8 Å². The summed E-state index contributed by atoms with van der Waals surface area (Å²) in [5.74, 6) is 0.642. The molecule has 2 heterocycles. The van der Waals surface area contributed by atoms with Crippen molar-refractivity contribution in [1.29, 1.82) is 0 Å². The van der Waals surface area contributed by atoms with Gasteiger partial charge in [-0.3, -0.25) is 0 Å². The van der Waals surface area contributed by atoms with Crippen LogP contribution in [-0.4, -0.2) is 12.1 Å². The highest BCUT2D eigenvalue weighted by Gasteiger charge is 1.99. The maximum Gasteiger partial charge on any atom is 0.213 e. The van der Waals surface area contributed by atoms with Crippen molar-refractivity contribution in [2.45, 2.75) is 13.1 Å². The van der Waals surface area contributed by atoms with Crippen molar-refractivity contribution >= 4 is 22.9 Å². The summed E-state index contributed by atoms with van der Waals surface area (Å²) in [7, 11) is 1.62. The van der Waals surface area contributed by atoms with Gasteiger partial charge in [0.1, 0.15) is 0 Å². The molecular formula is C12H13ClN2OS. The molecule has 1 N–H and O–H groups in total. The lowest BCUT2D eigenvalue weighted by Gasteiger charge is -2.04. The third-order valence-corrected chi connectivity index (χ3v) is 3.50. The number of aromatic nitrogens is 1. The molecule has 0 fully saturated rings. The Hall–Kier alpha value is -1.10. The molecule has 0 spiro atoms. The van der Waals surface area contributed by atoms with Gasteiger partial charge >= 0.3 is 0 Å². The van der Waals surface area contributed by atoms with Gasteiger partial charge in [0.2, 0.25) is 5.88 Å². The highest BCUT2D eigenvalue weighted by Crippen LogP contribution is 2.21. The SMILES string of the molecule is COc1cc(CNCc2ccc(Cl)s2)ccn1. The molecule has 3 nitrogen and oxygen atoms in total. The van der Waals surface area contributed by atoms with Crippen LogP contribution in [0.5, 0.6) is 5.88 Å². The Balaban J connectivity index is 1.85. The Morgan fingerprint density at radius 2 is 2.24 bits per heavy atom. The molecule has 0 unspecified atom stereocenters. The van der Waals surface area contributed by atoms with Crippen LogP contribution >= 0.6 is 22.9 Å². The first-order valence-electron chi connectivity index (χ1n) is 5.22. The lowest BCUT2D eigenvalue weighted by Crippen LogP contribution is -2.11. The standard InChI is InChI=1S/C12H13ClN2OS/c1-16-12-6-9(4-5-15-12)7-14-8-10-2-3-11(13)17-10/h2-6,14H,7-8H2,1H3. The third-order valence-electron chi connectivity index (χ3n) is 2.27. The summed E-state index contributed by atoms with van der Waals surface area (Å²) in [5.41, 5.74) is 1.15. The quantitative estimate of drug-likeness (QED) is 0.905. The molecule has 0 aliphatic heterocycles. The average molecular weight is 269 g/mol. The number of rotatable bonds is 5. The normalized spacial score (nSPS) is 10.5. The number of nitrogens with zero attached hydrogens (tertiary/aromatic N) is 1. The van der Waals surface area contributed by atoms with Crippen LogP contribution in [0.3, 0.4) is 0 Å². The van der Waals surface area contributed by atoms with Crippen LogP contribution in [0.2, 0.25) is 4.34 Å². The minimum atomic E-state index is 0.642. The number of ether oxygens (including phenoxy) is 1. The molecule has 2 aromatic rings. The minimum Gasteiger partial charge on any atom is -0.481 e. The maximum atomic E-state index is 5.86. The van der Waals surface area contributed by atoms with E-state index in [0.29, 0.717) is 5.88 Å². The molecule has 0 saturated carbocycles. The van der Waals surface area contributed by atoms with Gasteiger partial charge in [0.25, 0.3) is 0 Å². The zero-order valence-corrected chi connectivity index (χ0v) is 11.0. The fraction of sp³-hybridized carbons (Fsp3) is 0.250. The van der Waals surface area contributed by atoms with E-state index in [4.69, 9.17) is 16.3 Å². The van der Waals surface area contributed by atoms with Crippen molar-refractivity contribution in [3.05, 3.63) is 45.2 Å². The molecule has 0 aromatic carbocycles. The molecule has 2 aromatic heterocycles. The average Bonchev–Trinajstić information content (AvgIpc) is 2.75. The summed E-state index contributed by atoms with van der Waals surface area (Å²) < 4.78 is 5.89. The molecule has 0 amide bonds. The Kier molecular flexibility index (Phi) is 4.36. The van der Waals surface area contributed by atoms with Crippen LogP contribution in [0.15, 0.2) is 30.5 Å². The van der Waals surface area contributed by atoms with Crippen LogP contribution in [0.4, 0.5) is 0 Å². The molecule has 2 rings (SSSR count). The van der Waals surface area contributed by atoms with Gasteiger partial charge in [-0.25, -0.2) is 4.98 Å². The van der Waals surface area contributed by atoms with Gasteiger partial charge in [0.05, 0.1) is 11.4 Å². The predicted molar refractivity (Wildman–Crippen MR) is 70.7 cm³/mol. The molecule has 0 saturated heterocycles. The van der Waals surface area contributed by atoms with Gasteiger partial charge in [0.15, 0.2) is 0 Å². The predicted octanol–water partition coefficient (Wildman–Crippen LogP) is 3.09. The van der Waals surface area contributed by atoms with Crippen LogP contribution in [0, 0.1) is 0 Å². The van der Waals surface area contributed by atoms with E-state index in [9.17, 15) is 0 Å².